The summed E-state index contributed by atoms with van der Waals surface area (Å²) in [5, 5.41) is 60.0. The third-order valence-electron chi connectivity index (χ3n) is 5.40. The van der Waals surface area contributed by atoms with E-state index in [-0.39, 0.29) is 39.5 Å². The van der Waals surface area contributed by atoms with E-state index in [1.807, 2.05) is 0 Å². The molecule has 3 aromatic rings. The molecule has 0 bridgehead atoms. The number of fused-ring (bicyclic) bond motifs is 1. The summed E-state index contributed by atoms with van der Waals surface area (Å²) in [5.41, 5.74) is -0.818. The summed E-state index contributed by atoms with van der Waals surface area (Å²) in [6.45, 7) is 1.44. The van der Waals surface area contributed by atoms with Crippen LogP contribution in [0.1, 0.15) is 6.92 Å². The van der Waals surface area contributed by atoms with Gasteiger partial charge in [0.1, 0.15) is 40.8 Å². The number of benzene rings is 2. The molecule has 6 N–H and O–H groups in total. The van der Waals surface area contributed by atoms with Crippen LogP contribution in [0.4, 0.5) is 0 Å². The fraction of sp³-hybridized carbons (Fsp3) is 0.318. The average molecular weight is 462 g/mol. The number of hydrogen-bond donors (Lipinski definition) is 6. The van der Waals surface area contributed by atoms with Crippen molar-refractivity contribution in [3.05, 3.63) is 40.6 Å². The molecule has 0 aliphatic carbocycles. The summed E-state index contributed by atoms with van der Waals surface area (Å²) in [7, 11) is 1.32. The smallest absolute Gasteiger partial charge is 0.239 e. The maximum atomic E-state index is 13.3. The van der Waals surface area contributed by atoms with Crippen molar-refractivity contribution >= 4 is 11.0 Å². The van der Waals surface area contributed by atoms with Crippen LogP contribution in [0.25, 0.3) is 22.3 Å². The van der Waals surface area contributed by atoms with E-state index in [2.05, 4.69) is 0 Å². The molecule has 1 fully saturated rings. The number of aliphatic hydroxyl groups is 3. The summed E-state index contributed by atoms with van der Waals surface area (Å²) in [4.78, 5) is 13.3. The third kappa shape index (κ3) is 3.91. The quantitative estimate of drug-likeness (QED) is 0.323. The highest BCUT2D eigenvalue weighted by molar-refractivity contribution is 5.88. The lowest BCUT2D eigenvalue weighted by Gasteiger charge is -2.38. The minimum Gasteiger partial charge on any atom is -0.508 e. The minimum atomic E-state index is -1.72. The first kappa shape index (κ1) is 22.7. The molecule has 1 aliphatic heterocycles. The normalized spacial score (nSPS) is 25.2. The first-order valence-electron chi connectivity index (χ1n) is 9.88. The molecular formula is C22H22O11. The number of rotatable bonds is 4. The molecule has 0 amide bonds. The van der Waals surface area contributed by atoms with Crippen molar-refractivity contribution in [3.63, 3.8) is 0 Å². The van der Waals surface area contributed by atoms with Crippen molar-refractivity contribution in [2.75, 3.05) is 7.11 Å². The van der Waals surface area contributed by atoms with Crippen molar-refractivity contribution in [2.24, 2.45) is 0 Å². The number of aromatic hydroxyl groups is 3. The fourth-order valence-electron chi connectivity index (χ4n) is 3.61. The van der Waals surface area contributed by atoms with Gasteiger partial charge in [-0.25, -0.2) is 0 Å². The number of hydrogen-bond acceptors (Lipinski definition) is 11. The number of aliphatic hydroxyl groups excluding tert-OH is 3. The van der Waals surface area contributed by atoms with Gasteiger partial charge in [-0.3, -0.25) is 4.79 Å². The molecule has 5 atom stereocenters. The Balaban J connectivity index is 1.93. The molecule has 0 radical (unpaired) electrons. The van der Waals surface area contributed by atoms with Crippen molar-refractivity contribution in [2.45, 2.75) is 37.6 Å². The number of phenolic OH excluding ortho intramolecular Hbond substituents is 3. The Morgan fingerprint density at radius 1 is 0.939 bits per heavy atom. The Morgan fingerprint density at radius 2 is 1.67 bits per heavy atom. The van der Waals surface area contributed by atoms with Gasteiger partial charge in [0.15, 0.2) is 17.3 Å². The maximum Gasteiger partial charge on any atom is 0.239 e. The molecule has 0 unspecified atom stereocenters. The monoisotopic (exact) mass is 462 g/mol. The predicted octanol–water partition coefficient (Wildman–Crippen LogP) is 0.792. The summed E-state index contributed by atoms with van der Waals surface area (Å²) in [6.07, 6.45) is -7.24. The molecule has 0 spiro atoms. The predicted molar refractivity (Wildman–Crippen MR) is 112 cm³/mol. The number of ether oxygens (including phenoxy) is 3. The van der Waals surface area contributed by atoms with Crippen LogP contribution >= 0.6 is 0 Å². The van der Waals surface area contributed by atoms with E-state index in [1.165, 1.54) is 32.2 Å². The molecule has 0 saturated carbocycles. The lowest BCUT2D eigenvalue weighted by molar-refractivity contribution is -0.268. The largest absolute Gasteiger partial charge is 0.508 e. The fourth-order valence-corrected chi connectivity index (χ4v) is 3.61. The summed E-state index contributed by atoms with van der Waals surface area (Å²) < 4.78 is 21.9. The molecule has 11 nitrogen and oxygen atoms in total. The van der Waals surface area contributed by atoms with Gasteiger partial charge in [0.2, 0.25) is 17.5 Å². The third-order valence-corrected chi connectivity index (χ3v) is 5.40. The Labute approximate surface area is 186 Å². The van der Waals surface area contributed by atoms with Gasteiger partial charge in [-0.05, 0) is 25.1 Å². The Morgan fingerprint density at radius 3 is 2.36 bits per heavy atom. The van der Waals surface area contributed by atoms with Crippen LogP contribution in [0.15, 0.2) is 39.5 Å². The van der Waals surface area contributed by atoms with Gasteiger partial charge in [0, 0.05) is 17.7 Å². The van der Waals surface area contributed by atoms with Crippen LogP contribution in [0.3, 0.4) is 0 Å². The Bertz CT molecular complexity index is 1250. The molecule has 176 valence electrons. The highest BCUT2D eigenvalue weighted by Gasteiger charge is 2.44. The van der Waals surface area contributed by atoms with E-state index in [1.54, 1.807) is 0 Å². The van der Waals surface area contributed by atoms with Gasteiger partial charge < -0.3 is 49.3 Å². The first-order chi connectivity index (χ1) is 15.6. The van der Waals surface area contributed by atoms with E-state index >= 15 is 0 Å². The highest BCUT2D eigenvalue weighted by atomic mass is 16.7. The highest BCUT2D eigenvalue weighted by Crippen LogP contribution is 2.39. The zero-order valence-electron chi connectivity index (χ0n) is 17.5. The van der Waals surface area contributed by atoms with Crippen LogP contribution in [0.5, 0.6) is 28.7 Å². The average Bonchev–Trinajstić information content (AvgIpc) is 2.77. The van der Waals surface area contributed by atoms with Crippen LogP contribution in [-0.2, 0) is 4.74 Å². The van der Waals surface area contributed by atoms with Crippen LogP contribution in [-0.4, -0.2) is 68.5 Å². The molecule has 1 saturated heterocycles. The standard InChI is InChI=1S/C22H22O11/c1-8-16(26)18(28)19(29)22(31-8)33-21-17(27)15-12(25)6-10(23)7-14(15)32-20(21)9-3-4-11(24)13(5-9)30-2/h3-8,16,18-19,22-26,28-29H,1-2H3/t8-,16-,18+,19+,22+/m0/s1. The first-order valence-corrected chi connectivity index (χ1v) is 9.88. The molecular weight excluding hydrogens is 440 g/mol. The SMILES string of the molecule is COc1cc(-c2oc3cc(O)cc(O)c3c(=O)c2O[C@H]2O[C@@H](C)[C@H](O)[C@@H](O)[C@H]2O)ccc1O. The van der Waals surface area contributed by atoms with Crippen molar-refractivity contribution in [1.29, 1.82) is 0 Å². The zero-order valence-corrected chi connectivity index (χ0v) is 17.5. The van der Waals surface area contributed by atoms with Gasteiger partial charge in [0.25, 0.3) is 0 Å². The molecule has 1 aromatic heterocycles. The van der Waals surface area contributed by atoms with E-state index in [0.29, 0.717) is 0 Å². The van der Waals surface area contributed by atoms with E-state index < -0.39 is 47.6 Å². The molecule has 33 heavy (non-hydrogen) atoms. The Kier molecular flexibility index (Phi) is 5.80. The van der Waals surface area contributed by atoms with Gasteiger partial charge >= 0.3 is 0 Å². The van der Waals surface area contributed by atoms with E-state index in [0.717, 1.165) is 12.1 Å². The summed E-state index contributed by atoms with van der Waals surface area (Å²) in [5.74, 6) is -1.74. The lowest BCUT2D eigenvalue weighted by atomic mass is 10.00. The van der Waals surface area contributed by atoms with Crippen molar-refractivity contribution in [3.8, 4) is 40.1 Å². The van der Waals surface area contributed by atoms with Crippen LogP contribution in [0, 0.1) is 0 Å². The van der Waals surface area contributed by atoms with E-state index in [9.17, 15) is 35.4 Å². The summed E-state index contributed by atoms with van der Waals surface area (Å²) >= 11 is 0. The van der Waals surface area contributed by atoms with Gasteiger partial charge in [-0.2, -0.15) is 0 Å². The second kappa shape index (κ2) is 8.45. The van der Waals surface area contributed by atoms with Gasteiger partial charge in [0.05, 0.1) is 13.2 Å². The molecule has 11 heteroatoms. The number of phenols is 3. The zero-order chi connectivity index (χ0) is 24.0. The minimum absolute atomic E-state index is 0.0565. The number of methoxy groups -OCH3 is 1. The van der Waals surface area contributed by atoms with Crippen molar-refractivity contribution < 1.29 is 49.3 Å². The molecule has 1 aliphatic rings. The van der Waals surface area contributed by atoms with Gasteiger partial charge in [-0.15, -0.1) is 0 Å². The topological polar surface area (TPSA) is 179 Å². The van der Waals surface area contributed by atoms with Crippen molar-refractivity contribution in [1.82, 2.24) is 0 Å². The maximum absolute atomic E-state index is 13.3. The molecule has 2 heterocycles. The Hall–Kier alpha value is -3.51. The second-order valence-corrected chi connectivity index (χ2v) is 7.61. The lowest BCUT2D eigenvalue weighted by Crippen LogP contribution is -2.58. The second-order valence-electron chi connectivity index (χ2n) is 7.61. The van der Waals surface area contributed by atoms with Crippen LogP contribution in [0.2, 0.25) is 0 Å². The van der Waals surface area contributed by atoms with Crippen LogP contribution < -0.4 is 14.9 Å². The molecule has 4 rings (SSSR count). The van der Waals surface area contributed by atoms with Gasteiger partial charge in [-0.1, -0.05) is 0 Å². The summed E-state index contributed by atoms with van der Waals surface area (Å²) in [6, 6.07) is 6.11. The molecule has 2 aromatic carbocycles. The van der Waals surface area contributed by atoms with E-state index in [4.69, 9.17) is 18.6 Å².